The maximum Gasteiger partial charge on any atom is 0.294 e. The number of nitrogens with zero attached hydrogens (tertiary/aromatic N) is 4. The Hall–Kier alpha value is -4.28. The van der Waals surface area contributed by atoms with Crippen LogP contribution in [0.1, 0.15) is 10.4 Å². The maximum atomic E-state index is 12.7. The van der Waals surface area contributed by atoms with E-state index in [2.05, 4.69) is 41.3 Å². The smallest absolute Gasteiger partial charge is 0.294 e. The summed E-state index contributed by atoms with van der Waals surface area (Å²) in [5, 5.41) is 7.92. The third-order valence-electron chi connectivity index (χ3n) is 5.52. The van der Waals surface area contributed by atoms with Gasteiger partial charge in [-0.3, -0.25) is 9.59 Å². The molecular weight excluding hydrogens is 548 g/mol. The molecule has 4 aromatic heterocycles. The van der Waals surface area contributed by atoms with Crippen LogP contribution in [-0.4, -0.2) is 30.6 Å². The molecule has 11 heteroatoms. The van der Waals surface area contributed by atoms with Crippen LogP contribution in [-0.2, 0) is 0 Å². The highest BCUT2D eigenvalue weighted by atomic mass is 79.9. The number of fused-ring (bicyclic) bond motifs is 3. The normalized spacial score (nSPS) is 11.3. The largest absolute Gasteiger partial charge is 0.449 e. The molecule has 0 fully saturated rings. The lowest BCUT2D eigenvalue weighted by atomic mass is 10.1. The Morgan fingerprint density at radius 2 is 2.03 bits per heavy atom. The minimum Gasteiger partial charge on any atom is -0.449 e. The van der Waals surface area contributed by atoms with Gasteiger partial charge in [0, 0.05) is 39.7 Å². The number of rotatable bonds is 4. The summed E-state index contributed by atoms with van der Waals surface area (Å²) in [7, 11) is 0. The SMILES string of the molecule is O=C(Nc1ccc(-c2nc3c(oc4ccc(Br)cc43)c(=O)[nH]2)c(Cl)c1)c1ccc(-n2cccn2)nc1. The number of hydrogen-bond acceptors (Lipinski definition) is 6. The fourth-order valence-corrected chi connectivity index (χ4v) is 4.43. The number of amides is 1. The number of carbonyl (C=O) groups is 1. The van der Waals surface area contributed by atoms with Crippen LogP contribution in [0.2, 0.25) is 5.02 Å². The van der Waals surface area contributed by atoms with Crippen molar-refractivity contribution in [1.29, 1.82) is 0 Å². The average molecular weight is 562 g/mol. The van der Waals surface area contributed by atoms with Crippen molar-refractivity contribution in [3.8, 4) is 17.2 Å². The summed E-state index contributed by atoms with van der Waals surface area (Å²) in [6.45, 7) is 0. The number of benzene rings is 2. The number of aromatic nitrogens is 5. The second kappa shape index (κ2) is 8.74. The number of hydrogen-bond donors (Lipinski definition) is 2. The van der Waals surface area contributed by atoms with Crippen molar-refractivity contribution in [1.82, 2.24) is 24.7 Å². The minimum absolute atomic E-state index is 0.138. The van der Waals surface area contributed by atoms with Crippen molar-refractivity contribution in [3.05, 3.63) is 98.6 Å². The third kappa shape index (κ3) is 3.96. The van der Waals surface area contributed by atoms with E-state index < -0.39 is 5.56 Å². The third-order valence-corrected chi connectivity index (χ3v) is 6.32. The molecule has 0 radical (unpaired) electrons. The highest BCUT2D eigenvalue weighted by Crippen LogP contribution is 2.32. The van der Waals surface area contributed by atoms with Gasteiger partial charge in [0.1, 0.15) is 16.9 Å². The molecule has 9 nitrogen and oxygen atoms in total. The first-order valence-corrected chi connectivity index (χ1v) is 11.8. The number of nitrogens with one attached hydrogen (secondary N) is 2. The van der Waals surface area contributed by atoms with Crippen LogP contribution in [0.5, 0.6) is 0 Å². The predicted molar refractivity (Wildman–Crippen MR) is 140 cm³/mol. The molecule has 6 rings (SSSR count). The van der Waals surface area contributed by atoms with Crippen LogP contribution in [0, 0.1) is 0 Å². The van der Waals surface area contributed by atoms with Gasteiger partial charge in [0.15, 0.2) is 5.82 Å². The molecule has 176 valence electrons. The van der Waals surface area contributed by atoms with E-state index >= 15 is 0 Å². The number of pyridine rings is 1. The van der Waals surface area contributed by atoms with E-state index in [0.717, 1.165) is 4.47 Å². The zero-order valence-electron chi connectivity index (χ0n) is 18.2. The Balaban J connectivity index is 1.29. The predicted octanol–water partition coefficient (Wildman–Crippen LogP) is 5.59. The van der Waals surface area contributed by atoms with Crippen LogP contribution in [0.25, 0.3) is 39.3 Å². The van der Waals surface area contributed by atoms with Crippen LogP contribution in [0.3, 0.4) is 0 Å². The van der Waals surface area contributed by atoms with E-state index in [9.17, 15) is 9.59 Å². The number of H-pyrrole nitrogens is 1. The summed E-state index contributed by atoms with van der Waals surface area (Å²) in [6.07, 6.45) is 4.88. The van der Waals surface area contributed by atoms with E-state index in [1.165, 1.54) is 6.20 Å². The molecule has 0 aliphatic rings. The molecule has 0 aliphatic carbocycles. The molecule has 4 heterocycles. The number of carbonyl (C=O) groups excluding carboxylic acids is 1. The molecule has 2 aromatic carbocycles. The van der Waals surface area contributed by atoms with Gasteiger partial charge in [-0.25, -0.2) is 14.6 Å². The van der Waals surface area contributed by atoms with Crippen molar-refractivity contribution in [2.45, 2.75) is 0 Å². The highest BCUT2D eigenvalue weighted by Gasteiger charge is 2.16. The van der Waals surface area contributed by atoms with E-state index in [1.54, 1.807) is 59.5 Å². The van der Waals surface area contributed by atoms with Gasteiger partial charge in [0.2, 0.25) is 5.58 Å². The van der Waals surface area contributed by atoms with Crippen LogP contribution in [0.15, 0.2) is 86.9 Å². The van der Waals surface area contributed by atoms with Crippen molar-refractivity contribution >= 4 is 61.2 Å². The molecule has 0 unspecified atom stereocenters. The zero-order chi connectivity index (χ0) is 24.8. The topological polar surface area (TPSA) is 119 Å². The molecular formula is C25H14BrClN6O3. The van der Waals surface area contributed by atoms with Crippen molar-refractivity contribution < 1.29 is 9.21 Å². The summed E-state index contributed by atoms with van der Waals surface area (Å²) >= 11 is 9.96. The zero-order valence-corrected chi connectivity index (χ0v) is 20.5. The van der Waals surface area contributed by atoms with Gasteiger partial charge in [-0.1, -0.05) is 27.5 Å². The van der Waals surface area contributed by atoms with Crippen LogP contribution in [0.4, 0.5) is 5.69 Å². The molecule has 0 aliphatic heterocycles. The van der Waals surface area contributed by atoms with Crippen molar-refractivity contribution in [3.63, 3.8) is 0 Å². The molecule has 0 atom stereocenters. The Morgan fingerprint density at radius 3 is 2.78 bits per heavy atom. The molecule has 0 bridgehead atoms. The Morgan fingerprint density at radius 1 is 1.14 bits per heavy atom. The first-order chi connectivity index (χ1) is 17.5. The monoisotopic (exact) mass is 560 g/mol. The van der Waals surface area contributed by atoms with Gasteiger partial charge in [-0.15, -0.1) is 0 Å². The lowest BCUT2D eigenvalue weighted by Gasteiger charge is -2.09. The lowest BCUT2D eigenvalue weighted by Crippen LogP contribution is -2.13. The molecule has 0 spiro atoms. The number of aromatic amines is 1. The molecule has 6 aromatic rings. The fourth-order valence-electron chi connectivity index (χ4n) is 3.80. The minimum atomic E-state index is -0.415. The fraction of sp³-hybridized carbons (Fsp3) is 0. The number of anilines is 1. The summed E-state index contributed by atoms with van der Waals surface area (Å²) in [6, 6.07) is 15.5. The van der Waals surface area contributed by atoms with Gasteiger partial charge in [0.25, 0.3) is 11.5 Å². The molecule has 0 saturated heterocycles. The quantitative estimate of drug-likeness (QED) is 0.290. The second-order valence-electron chi connectivity index (χ2n) is 7.84. The first-order valence-electron chi connectivity index (χ1n) is 10.7. The summed E-state index contributed by atoms with van der Waals surface area (Å²) in [5.41, 5.74) is 2.07. The van der Waals surface area contributed by atoms with E-state index in [1.807, 2.05) is 12.1 Å². The van der Waals surface area contributed by atoms with Crippen molar-refractivity contribution in [2.24, 2.45) is 0 Å². The molecule has 2 N–H and O–H groups in total. The summed E-state index contributed by atoms with van der Waals surface area (Å²) in [4.78, 5) is 37.0. The average Bonchev–Trinajstić information content (AvgIpc) is 3.53. The second-order valence-corrected chi connectivity index (χ2v) is 9.16. The Labute approximate surface area is 215 Å². The Bertz CT molecular complexity index is 1830. The van der Waals surface area contributed by atoms with Gasteiger partial charge in [-0.05, 0) is 54.6 Å². The lowest BCUT2D eigenvalue weighted by molar-refractivity contribution is 0.102. The van der Waals surface area contributed by atoms with Gasteiger partial charge in [-0.2, -0.15) is 5.10 Å². The molecule has 1 amide bonds. The first kappa shape index (κ1) is 22.2. The van der Waals surface area contributed by atoms with E-state index in [4.69, 9.17) is 16.0 Å². The van der Waals surface area contributed by atoms with Crippen LogP contribution < -0.4 is 10.9 Å². The van der Waals surface area contributed by atoms with Gasteiger partial charge in [0.05, 0.1) is 10.6 Å². The summed E-state index contributed by atoms with van der Waals surface area (Å²) in [5.74, 6) is 0.540. The van der Waals surface area contributed by atoms with Gasteiger partial charge >= 0.3 is 0 Å². The van der Waals surface area contributed by atoms with E-state index in [-0.39, 0.29) is 17.3 Å². The highest BCUT2D eigenvalue weighted by molar-refractivity contribution is 9.10. The van der Waals surface area contributed by atoms with Crippen molar-refractivity contribution in [2.75, 3.05) is 5.32 Å². The maximum absolute atomic E-state index is 12.7. The molecule has 0 saturated carbocycles. The Kier molecular flexibility index (Phi) is 5.39. The summed E-state index contributed by atoms with van der Waals surface area (Å²) < 4.78 is 8.11. The molecule has 36 heavy (non-hydrogen) atoms. The number of furan rings is 1. The van der Waals surface area contributed by atoms with Gasteiger partial charge < -0.3 is 14.7 Å². The van der Waals surface area contributed by atoms with E-state index in [0.29, 0.717) is 44.1 Å². The standard InChI is InChI=1S/C25H14BrClN6O3/c26-14-3-6-19-17(10-14)21-22(36-19)25(35)32-23(31-21)16-5-4-15(11-18(16)27)30-24(34)13-2-7-20(28-12-13)33-9-1-8-29-33/h1-12H,(H,30,34)(H,31,32,35). The number of halogens is 2. The van der Waals surface area contributed by atoms with Crippen LogP contribution >= 0.6 is 27.5 Å².